The van der Waals surface area contributed by atoms with Gasteiger partial charge < -0.3 is 10.4 Å². The van der Waals surface area contributed by atoms with E-state index in [9.17, 15) is 15.2 Å². The molecule has 0 saturated heterocycles. The SMILES string of the molecule is Cc1ccc([N+](=O)[O-])cc1NCC(O)C(C)C. The van der Waals surface area contributed by atoms with E-state index < -0.39 is 11.0 Å². The van der Waals surface area contributed by atoms with Crippen LogP contribution in [0, 0.1) is 23.0 Å². The van der Waals surface area contributed by atoms with Crippen molar-refractivity contribution in [2.75, 3.05) is 11.9 Å². The van der Waals surface area contributed by atoms with Gasteiger partial charge in [0, 0.05) is 24.4 Å². The summed E-state index contributed by atoms with van der Waals surface area (Å²) < 4.78 is 0. The second-order valence-electron chi connectivity index (χ2n) is 4.45. The van der Waals surface area contributed by atoms with Gasteiger partial charge >= 0.3 is 0 Å². The van der Waals surface area contributed by atoms with E-state index in [0.717, 1.165) is 5.56 Å². The van der Waals surface area contributed by atoms with Crippen LogP contribution >= 0.6 is 0 Å². The first-order valence-electron chi connectivity index (χ1n) is 5.58. The average molecular weight is 238 g/mol. The number of rotatable bonds is 5. The van der Waals surface area contributed by atoms with E-state index in [0.29, 0.717) is 12.2 Å². The average Bonchev–Trinajstić information content (AvgIpc) is 2.26. The van der Waals surface area contributed by atoms with Gasteiger partial charge in [-0.1, -0.05) is 19.9 Å². The van der Waals surface area contributed by atoms with Gasteiger partial charge in [0.15, 0.2) is 0 Å². The fourth-order valence-electron chi connectivity index (χ4n) is 1.36. The van der Waals surface area contributed by atoms with Crippen LogP contribution in [-0.4, -0.2) is 22.7 Å². The fourth-order valence-corrected chi connectivity index (χ4v) is 1.36. The largest absolute Gasteiger partial charge is 0.391 e. The van der Waals surface area contributed by atoms with Crippen LogP contribution in [0.25, 0.3) is 0 Å². The Balaban J connectivity index is 2.76. The lowest BCUT2D eigenvalue weighted by Gasteiger charge is -2.16. The Labute approximate surface area is 101 Å². The van der Waals surface area contributed by atoms with Gasteiger partial charge in [0.2, 0.25) is 0 Å². The number of hydrogen-bond acceptors (Lipinski definition) is 4. The third kappa shape index (κ3) is 3.71. The maximum atomic E-state index is 10.6. The van der Waals surface area contributed by atoms with Crippen molar-refractivity contribution in [3.05, 3.63) is 33.9 Å². The number of aliphatic hydroxyl groups is 1. The predicted molar refractivity (Wildman–Crippen MR) is 67.2 cm³/mol. The maximum absolute atomic E-state index is 10.6. The van der Waals surface area contributed by atoms with Crippen LogP contribution in [0.3, 0.4) is 0 Å². The number of anilines is 1. The van der Waals surface area contributed by atoms with Gasteiger partial charge in [-0.25, -0.2) is 0 Å². The van der Waals surface area contributed by atoms with E-state index in [1.807, 2.05) is 20.8 Å². The van der Waals surface area contributed by atoms with Crippen LogP contribution in [0.2, 0.25) is 0 Å². The van der Waals surface area contributed by atoms with E-state index in [1.165, 1.54) is 12.1 Å². The molecule has 1 unspecified atom stereocenters. The van der Waals surface area contributed by atoms with Gasteiger partial charge in [-0.05, 0) is 18.4 Å². The maximum Gasteiger partial charge on any atom is 0.271 e. The summed E-state index contributed by atoms with van der Waals surface area (Å²) in [5, 5.41) is 23.3. The van der Waals surface area contributed by atoms with Crippen molar-refractivity contribution in [3.8, 4) is 0 Å². The highest BCUT2D eigenvalue weighted by molar-refractivity contribution is 5.56. The number of benzene rings is 1. The summed E-state index contributed by atoms with van der Waals surface area (Å²) in [7, 11) is 0. The quantitative estimate of drug-likeness (QED) is 0.609. The van der Waals surface area contributed by atoms with Crippen LogP contribution in [0.4, 0.5) is 11.4 Å². The minimum absolute atomic E-state index is 0.0529. The fraction of sp³-hybridized carbons (Fsp3) is 0.500. The van der Waals surface area contributed by atoms with Crippen LogP contribution in [-0.2, 0) is 0 Å². The Morgan fingerprint density at radius 1 is 1.47 bits per heavy atom. The Morgan fingerprint density at radius 3 is 2.65 bits per heavy atom. The molecule has 0 fully saturated rings. The smallest absolute Gasteiger partial charge is 0.271 e. The summed E-state index contributed by atoms with van der Waals surface area (Å²) in [5.41, 5.74) is 1.67. The molecular weight excluding hydrogens is 220 g/mol. The first kappa shape index (κ1) is 13.4. The molecule has 1 aromatic carbocycles. The Bertz CT molecular complexity index is 405. The molecule has 1 rings (SSSR count). The molecule has 2 N–H and O–H groups in total. The van der Waals surface area contributed by atoms with E-state index in [4.69, 9.17) is 0 Å². The number of non-ortho nitro benzene ring substituents is 1. The highest BCUT2D eigenvalue weighted by Crippen LogP contribution is 2.21. The molecule has 1 atom stereocenters. The monoisotopic (exact) mass is 238 g/mol. The molecule has 5 heteroatoms. The van der Waals surface area contributed by atoms with Crippen molar-refractivity contribution in [1.29, 1.82) is 0 Å². The van der Waals surface area contributed by atoms with E-state index in [-0.39, 0.29) is 11.6 Å². The summed E-state index contributed by atoms with van der Waals surface area (Å²) in [4.78, 5) is 10.2. The Kier molecular flexibility index (Phi) is 4.45. The molecule has 1 aromatic rings. The molecule has 0 aliphatic carbocycles. The first-order chi connectivity index (χ1) is 7.91. The Morgan fingerprint density at radius 2 is 2.12 bits per heavy atom. The summed E-state index contributed by atoms with van der Waals surface area (Å²) in [6, 6.07) is 4.66. The van der Waals surface area contributed by atoms with Crippen LogP contribution in [0.15, 0.2) is 18.2 Å². The highest BCUT2D eigenvalue weighted by atomic mass is 16.6. The molecule has 94 valence electrons. The predicted octanol–water partition coefficient (Wildman–Crippen LogP) is 2.33. The molecule has 0 aliphatic heterocycles. The summed E-state index contributed by atoms with van der Waals surface area (Å²) in [6.07, 6.45) is -0.464. The minimum atomic E-state index is -0.464. The summed E-state index contributed by atoms with van der Waals surface area (Å²) in [6.45, 7) is 6.10. The number of nitrogens with zero attached hydrogens (tertiary/aromatic N) is 1. The number of hydrogen-bond donors (Lipinski definition) is 2. The molecule has 0 amide bonds. The normalized spacial score (nSPS) is 12.5. The second-order valence-corrected chi connectivity index (χ2v) is 4.45. The number of nitrogens with one attached hydrogen (secondary N) is 1. The van der Waals surface area contributed by atoms with Crippen LogP contribution in [0.1, 0.15) is 19.4 Å². The molecule has 0 radical (unpaired) electrons. The van der Waals surface area contributed by atoms with Crippen molar-refractivity contribution in [2.24, 2.45) is 5.92 Å². The zero-order chi connectivity index (χ0) is 13.0. The molecule has 0 bridgehead atoms. The van der Waals surface area contributed by atoms with Crippen molar-refractivity contribution in [1.82, 2.24) is 0 Å². The van der Waals surface area contributed by atoms with Gasteiger partial charge in [0.05, 0.1) is 11.0 Å². The molecular formula is C12H18N2O3. The van der Waals surface area contributed by atoms with Crippen LogP contribution < -0.4 is 5.32 Å². The number of nitro benzene ring substituents is 1. The molecule has 0 aromatic heterocycles. The lowest BCUT2D eigenvalue weighted by molar-refractivity contribution is -0.384. The zero-order valence-electron chi connectivity index (χ0n) is 10.3. The standard InChI is InChI=1S/C12H18N2O3/c1-8(2)12(15)7-13-11-6-10(14(16)17)5-4-9(11)3/h4-6,8,12-13,15H,7H2,1-3H3. The van der Waals surface area contributed by atoms with Gasteiger partial charge in [0.25, 0.3) is 5.69 Å². The zero-order valence-corrected chi connectivity index (χ0v) is 10.3. The third-order valence-corrected chi connectivity index (χ3v) is 2.70. The van der Waals surface area contributed by atoms with E-state index >= 15 is 0 Å². The van der Waals surface area contributed by atoms with Crippen molar-refractivity contribution >= 4 is 11.4 Å². The van der Waals surface area contributed by atoms with Crippen molar-refractivity contribution in [3.63, 3.8) is 0 Å². The van der Waals surface area contributed by atoms with E-state index in [2.05, 4.69) is 5.32 Å². The van der Waals surface area contributed by atoms with Crippen molar-refractivity contribution in [2.45, 2.75) is 26.9 Å². The summed E-state index contributed by atoms with van der Waals surface area (Å²) >= 11 is 0. The topological polar surface area (TPSA) is 75.4 Å². The van der Waals surface area contributed by atoms with Gasteiger partial charge in [-0.15, -0.1) is 0 Å². The Hall–Kier alpha value is -1.62. The molecule has 0 saturated carbocycles. The minimum Gasteiger partial charge on any atom is -0.391 e. The lowest BCUT2D eigenvalue weighted by atomic mass is 10.1. The van der Waals surface area contributed by atoms with Gasteiger partial charge in [-0.2, -0.15) is 0 Å². The number of aryl methyl sites for hydroxylation is 1. The third-order valence-electron chi connectivity index (χ3n) is 2.70. The molecule has 0 aliphatic rings. The summed E-state index contributed by atoms with van der Waals surface area (Å²) in [5.74, 6) is 0.154. The van der Waals surface area contributed by atoms with Gasteiger partial charge in [0.1, 0.15) is 0 Å². The second kappa shape index (κ2) is 5.63. The van der Waals surface area contributed by atoms with E-state index in [1.54, 1.807) is 6.07 Å². The molecule has 0 spiro atoms. The van der Waals surface area contributed by atoms with Crippen LogP contribution in [0.5, 0.6) is 0 Å². The molecule has 17 heavy (non-hydrogen) atoms. The van der Waals surface area contributed by atoms with Gasteiger partial charge in [-0.3, -0.25) is 10.1 Å². The number of aliphatic hydroxyl groups excluding tert-OH is 1. The van der Waals surface area contributed by atoms with Crippen molar-refractivity contribution < 1.29 is 10.0 Å². The lowest BCUT2D eigenvalue weighted by Crippen LogP contribution is -2.25. The molecule has 0 heterocycles. The molecule has 5 nitrogen and oxygen atoms in total. The first-order valence-corrected chi connectivity index (χ1v) is 5.58. The number of nitro groups is 1. The highest BCUT2D eigenvalue weighted by Gasteiger charge is 2.11.